The Balaban J connectivity index is 1.46. The molecule has 1 heterocycles. The Morgan fingerprint density at radius 2 is 2.27 bits per heavy atom. The first-order valence-corrected chi connectivity index (χ1v) is 7.99. The lowest BCUT2D eigenvalue weighted by molar-refractivity contribution is -0.125. The molecular formula is C16H17ClN4O. The molecular weight excluding hydrogens is 300 g/mol. The van der Waals surface area contributed by atoms with E-state index in [1.807, 2.05) is 24.3 Å². The molecule has 22 heavy (non-hydrogen) atoms. The molecule has 4 rings (SSSR count). The Labute approximate surface area is 133 Å². The zero-order valence-electron chi connectivity index (χ0n) is 12.1. The van der Waals surface area contributed by atoms with E-state index in [0.29, 0.717) is 0 Å². The Kier molecular flexibility index (Phi) is 3.18. The van der Waals surface area contributed by atoms with E-state index in [1.165, 1.54) is 6.33 Å². The first kappa shape index (κ1) is 13.8. The fourth-order valence-corrected chi connectivity index (χ4v) is 3.51. The van der Waals surface area contributed by atoms with Gasteiger partial charge in [-0.2, -0.15) is 5.10 Å². The van der Waals surface area contributed by atoms with Gasteiger partial charge in [-0.15, -0.1) is 0 Å². The predicted molar refractivity (Wildman–Crippen MR) is 82.4 cm³/mol. The van der Waals surface area contributed by atoms with Gasteiger partial charge in [0.25, 0.3) is 0 Å². The van der Waals surface area contributed by atoms with Gasteiger partial charge in [-0.05, 0) is 49.3 Å². The summed E-state index contributed by atoms with van der Waals surface area (Å²) in [6.45, 7) is 0. The van der Waals surface area contributed by atoms with Crippen molar-refractivity contribution in [2.75, 3.05) is 0 Å². The van der Waals surface area contributed by atoms with Crippen molar-refractivity contribution in [2.45, 2.75) is 37.1 Å². The van der Waals surface area contributed by atoms with Crippen LogP contribution < -0.4 is 5.32 Å². The third kappa shape index (κ3) is 2.29. The van der Waals surface area contributed by atoms with E-state index >= 15 is 0 Å². The van der Waals surface area contributed by atoms with E-state index in [2.05, 4.69) is 20.5 Å². The summed E-state index contributed by atoms with van der Waals surface area (Å²) in [7, 11) is 0. The average Bonchev–Trinajstić information content (AvgIpc) is 3.09. The van der Waals surface area contributed by atoms with E-state index in [4.69, 9.17) is 11.6 Å². The van der Waals surface area contributed by atoms with Gasteiger partial charge in [-0.1, -0.05) is 23.7 Å². The Bertz CT molecular complexity index is 696. The molecule has 2 atom stereocenters. The van der Waals surface area contributed by atoms with Gasteiger partial charge in [-0.3, -0.25) is 9.89 Å². The van der Waals surface area contributed by atoms with Crippen molar-refractivity contribution in [3.8, 4) is 0 Å². The molecule has 2 N–H and O–H groups in total. The second kappa shape index (κ2) is 5.09. The van der Waals surface area contributed by atoms with Gasteiger partial charge < -0.3 is 5.32 Å². The molecule has 2 aromatic rings. The van der Waals surface area contributed by atoms with E-state index in [9.17, 15) is 4.79 Å². The Morgan fingerprint density at radius 3 is 2.91 bits per heavy atom. The summed E-state index contributed by atoms with van der Waals surface area (Å²) in [5, 5.41) is 10.7. The fourth-order valence-electron chi connectivity index (χ4n) is 3.31. The largest absolute Gasteiger partial charge is 0.343 e. The maximum absolute atomic E-state index is 12.6. The number of nitrogens with one attached hydrogen (secondary N) is 2. The fraction of sp³-hybridized carbons (Fsp3) is 0.438. The molecule has 0 aliphatic heterocycles. The summed E-state index contributed by atoms with van der Waals surface area (Å²) in [6, 6.07) is 7.79. The van der Waals surface area contributed by atoms with Gasteiger partial charge in [0.15, 0.2) is 0 Å². The number of rotatable bonds is 4. The first-order chi connectivity index (χ1) is 10.7. The number of carbonyl (C=O) groups excluding carboxylic acids is 1. The molecule has 2 aliphatic carbocycles. The minimum absolute atomic E-state index is 0.0406. The monoisotopic (exact) mass is 316 g/mol. The van der Waals surface area contributed by atoms with Crippen LogP contribution in [0.25, 0.3) is 0 Å². The lowest BCUT2D eigenvalue weighted by atomic mass is 9.76. The van der Waals surface area contributed by atoms with E-state index in [1.54, 1.807) is 0 Å². The van der Waals surface area contributed by atoms with Crippen LogP contribution in [-0.2, 0) is 10.3 Å². The molecule has 0 radical (unpaired) electrons. The zero-order valence-corrected chi connectivity index (χ0v) is 12.8. The number of aromatic amines is 1. The quantitative estimate of drug-likeness (QED) is 0.911. The summed E-state index contributed by atoms with van der Waals surface area (Å²) >= 11 is 6.03. The van der Waals surface area contributed by atoms with Gasteiger partial charge in [-0.25, -0.2) is 4.98 Å². The molecule has 1 aromatic heterocycles. The molecule has 2 unspecified atom stereocenters. The highest BCUT2D eigenvalue weighted by molar-refractivity contribution is 6.30. The molecule has 114 valence electrons. The predicted octanol–water partition coefficient (Wildman–Crippen LogP) is 2.76. The van der Waals surface area contributed by atoms with Gasteiger partial charge in [0.2, 0.25) is 5.91 Å². The maximum atomic E-state index is 12.6. The molecule has 0 bridgehead atoms. The summed E-state index contributed by atoms with van der Waals surface area (Å²) < 4.78 is 0. The summed E-state index contributed by atoms with van der Waals surface area (Å²) in [4.78, 5) is 16.8. The highest BCUT2D eigenvalue weighted by atomic mass is 35.5. The van der Waals surface area contributed by atoms with Crippen LogP contribution in [0.4, 0.5) is 0 Å². The minimum atomic E-state index is -0.338. The molecule has 0 spiro atoms. The highest BCUT2D eigenvalue weighted by Gasteiger charge is 2.49. The Hall–Kier alpha value is -1.88. The number of amides is 1. The number of hydrogen-bond acceptors (Lipinski definition) is 3. The number of nitrogens with zero attached hydrogens (tertiary/aromatic N) is 2. The van der Waals surface area contributed by atoms with E-state index < -0.39 is 0 Å². The third-order valence-corrected chi connectivity index (χ3v) is 5.08. The van der Waals surface area contributed by atoms with Gasteiger partial charge >= 0.3 is 0 Å². The summed E-state index contributed by atoms with van der Waals surface area (Å²) in [6.07, 6.45) is 5.32. The van der Waals surface area contributed by atoms with Crippen molar-refractivity contribution < 1.29 is 4.79 Å². The molecule has 1 aromatic carbocycles. The number of aromatic nitrogens is 3. The van der Waals surface area contributed by atoms with Crippen LogP contribution in [0.2, 0.25) is 5.02 Å². The molecule has 2 aliphatic rings. The third-order valence-electron chi connectivity index (χ3n) is 4.84. The van der Waals surface area contributed by atoms with Gasteiger partial charge in [0.1, 0.15) is 12.2 Å². The lowest BCUT2D eigenvalue weighted by Gasteiger charge is -2.40. The normalized spacial score (nSPS) is 25.3. The maximum Gasteiger partial charge on any atom is 0.224 e. The zero-order chi connectivity index (χ0) is 15.2. The lowest BCUT2D eigenvalue weighted by Crippen LogP contribution is -2.52. The Morgan fingerprint density at radius 1 is 1.41 bits per heavy atom. The second-order valence-corrected chi connectivity index (χ2v) is 6.70. The van der Waals surface area contributed by atoms with Crippen LogP contribution in [0.1, 0.15) is 43.0 Å². The van der Waals surface area contributed by atoms with Crippen LogP contribution in [-0.4, -0.2) is 21.1 Å². The number of H-pyrrole nitrogens is 1. The molecule has 5 nitrogen and oxygen atoms in total. The number of carbonyl (C=O) groups is 1. The topological polar surface area (TPSA) is 70.7 Å². The van der Waals surface area contributed by atoms with Crippen molar-refractivity contribution in [1.82, 2.24) is 20.5 Å². The smallest absolute Gasteiger partial charge is 0.224 e. The van der Waals surface area contributed by atoms with E-state index in [0.717, 1.165) is 42.1 Å². The number of halogens is 1. The summed E-state index contributed by atoms with van der Waals surface area (Å²) in [5.41, 5.74) is 0.810. The van der Waals surface area contributed by atoms with Crippen LogP contribution in [0.5, 0.6) is 0 Å². The molecule has 0 saturated heterocycles. The average molecular weight is 317 g/mol. The first-order valence-electron chi connectivity index (χ1n) is 7.61. The minimum Gasteiger partial charge on any atom is -0.343 e. The molecule has 1 amide bonds. The van der Waals surface area contributed by atoms with Gasteiger partial charge in [0, 0.05) is 10.9 Å². The van der Waals surface area contributed by atoms with Gasteiger partial charge in [0.05, 0.1) is 5.54 Å². The van der Waals surface area contributed by atoms with Crippen molar-refractivity contribution in [1.29, 1.82) is 0 Å². The van der Waals surface area contributed by atoms with Crippen molar-refractivity contribution >= 4 is 17.5 Å². The highest BCUT2D eigenvalue weighted by Crippen LogP contribution is 2.49. The molecule has 2 saturated carbocycles. The van der Waals surface area contributed by atoms with Crippen LogP contribution in [0, 0.1) is 5.92 Å². The van der Waals surface area contributed by atoms with Crippen molar-refractivity contribution in [2.24, 2.45) is 5.92 Å². The number of benzene rings is 1. The number of hydrogen-bond donors (Lipinski definition) is 2. The molecule has 2 fully saturated rings. The van der Waals surface area contributed by atoms with E-state index in [-0.39, 0.29) is 23.3 Å². The van der Waals surface area contributed by atoms with Crippen LogP contribution >= 0.6 is 11.6 Å². The van der Waals surface area contributed by atoms with Crippen molar-refractivity contribution in [3.05, 3.63) is 47.0 Å². The second-order valence-electron chi connectivity index (χ2n) is 6.26. The standard InChI is InChI=1S/C16H17ClN4O/c17-11-4-1-3-10(7-11)12-8-13(12)14(22)20-16(5-2-6-16)15-18-9-19-21-15/h1,3-4,7,9,12-13H,2,5-6,8H2,(H,20,22)(H,18,19,21). The van der Waals surface area contributed by atoms with Crippen LogP contribution in [0.15, 0.2) is 30.6 Å². The van der Waals surface area contributed by atoms with Crippen LogP contribution in [0.3, 0.4) is 0 Å². The molecule has 6 heteroatoms. The summed E-state index contributed by atoms with van der Waals surface area (Å²) in [5.74, 6) is 1.21. The van der Waals surface area contributed by atoms with Crippen molar-refractivity contribution in [3.63, 3.8) is 0 Å². The SMILES string of the molecule is O=C(NC1(c2ncn[nH]2)CCC1)C1CC1c1cccc(Cl)c1.